The van der Waals surface area contributed by atoms with Crippen molar-refractivity contribution in [3.05, 3.63) is 54.1 Å². The summed E-state index contributed by atoms with van der Waals surface area (Å²) in [5.41, 5.74) is 1.99. The van der Waals surface area contributed by atoms with Crippen LogP contribution in [0.15, 0.2) is 58.3 Å². The first-order valence-electron chi connectivity index (χ1n) is 7.11. The van der Waals surface area contributed by atoms with Crippen molar-refractivity contribution in [3.63, 3.8) is 0 Å². The Morgan fingerprint density at radius 2 is 1.82 bits per heavy atom. The Morgan fingerprint density at radius 1 is 1.09 bits per heavy atom. The van der Waals surface area contributed by atoms with Crippen LogP contribution >= 0.6 is 11.8 Å². The Labute approximate surface area is 134 Å². The van der Waals surface area contributed by atoms with Gasteiger partial charge in [0.1, 0.15) is 0 Å². The van der Waals surface area contributed by atoms with Crippen molar-refractivity contribution in [1.82, 2.24) is 4.31 Å². The van der Waals surface area contributed by atoms with Crippen LogP contribution in [-0.2, 0) is 10.0 Å². The lowest BCUT2D eigenvalue weighted by Crippen LogP contribution is -2.28. The van der Waals surface area contributed by atoms with E-state index in [4.69, 9.17) is 0 Å². The summed E-state index contributed by atoms with van der Waals surface area (Å²) < 4.78 is 26.9. The fraction of sp³-hybridized carbons (Fsp3) is 0.250. The number of sulfonamides is 1. The lowest BCUT2D eigenvalue weighted by molar-refractivity contribution is 0.426. The van der Waals surface area contributed by atoms with Crippen molar-refractivity contribution in [2.24, 2.45) is 0 Å². The van der Waals surface area contributed by atoms with Gasteiger partial charge in [0.2, 0.25) is 10.0 Å². The van der Waals surface area contributed by atoms with E-state index in [-0.39, 0.29) is 6.04 Å². The summed E-state index contributed by atoms with van der Waals surface area (Å²) in [6.07, 6.45) is 2.05. The summed E-state index contributed by atoms with van der Waals surface area (Å²) in [4.78, 5) is 3.81. The fourth-order valence-corrected chi connectivity index (χ4v) is 5.44. The molecule has 1 saturated heterocycles. The molecule has 0 N–H and O–H groups in total. The fourth-order valence-electron chi connectivity index (χ4n) is 3.22. The number of fused-ring (bicyclic) bond motifs is 3. The van der Waals surface area contributed by atoms with Crippen LogP contribution < -0.4 is 4.90 Å². The van der Waals surface area contributed by atoms with Crippen molar-refractivity contribution in [3.8, 4) is 0 Å². The van der Waals surface area contributed by atoms with E-state index in [1.54, 1.807) is 28.2 Å². The maximum atomic E-state index is 12.6. The smallest absolute Gasteiger partial charge is 0.245 e. The van der Waals surface area contributed by atoms with Gasteiger partial charge in [-0.3, -0.25) is 0 Å². The SMILES string of the molecule is CSc1ccc(N2CC3c4ccccc4S(=O)(=O)N3C2)cc1. The number of rotatable bonds is 2. The molecule has 2 aromatic rings. The quantitative estimate of drug-likeness (QED) is 0.793. The molecule has 2 aromatic carbocycles. The third-order valence-corrected chi connectivity index (χ3v) is 7.01. The number of hydrogen-bond acceptors (Lipinski definition) is 4. The Balaban J connectivity index is 1.68. The summed E-state index contributed by atoms with van der Waals surface area (Å²) in [5, 5.41) is 0. The van der Waals surface area contributed by atoms with Crippen LogP contribution in [0, 0.1) is 0 Å². The van der Waals surface area contributed by atoms with Crippen molar-refractivity contribution < 1.29 is 8.42 Å². The predicted molar refractivity (Wildman–Crippen MR) is 88.6 cm³/mol. The van der Waals surface area contributed by atoms with Crippen molar-refractivity contribution >= 4 is 27.5 Å². The molecule has 1 atom stereocenters. The van der Waals surface area contributed by atoms with E-state index < -0.39 is 10.0 Å². The van der Waals surface area contributed by atoms with E-state index in [1.807, 2.05) is 18.4 Å². The maximum Gasteiger partial charge on any atom is 0.245 e. The Bertz CT molecular complexity index is 818. The molecule has 0 spiro atoms. The van der Waals surface area contributed by atoms with Gasteiger partial charge in [-0.25, -0.2) is 8.42 Å². The lowest BCUT2D eigenvalue weighted by atomic mass is 10.1. The van der Waals surface area contributed by atoms with Gasteiger partial charge in [-0.05, 0) is 42.2 Å². The van der Waals surface area contributed by atoms with Crippen molar-refractivity contribution in [1.29, 1.82) is 0 Å². The predicted octanol–water partition coefficient (Wildman–Crippen LogP) is 2.93. The van der Waals surface area contributed by atoms with Crippen LogP contribution in [0.3, 0.4) is 0 Å². The molecule has 0 amide bonds. The highest BCUT2D eigenvalue weighted by Crippen LogP contribution is 2.44. The average molecular weight is 332 g/mol. The average Bonchev–Trinajstić information content (AvgIpc) is 3.08. The number of benzene rings is 2. The third kappa shape index (κ3) is 1.98. The van der Waals surface area contributed by atoms with E-state index in [2.05, 4.69) is 29.2 Å². The zero-order valence-corrected chi connectivity index (χ0v) is 13.8. The van der Waals surface area contributed by atoms with Crippen molar-refractivity contribution in [2.75, 3.05) is 24.4 Å². The first-order valence-corrected chi connectivity index (χ1v) is 9.77. The standard InChI is InChI=1S/C16H16N2O2S2/c1-21-13-8-6-12(7-9-13)17-10-15-14-4-2-3-5-16(14)22(19,20)18(15)11-17/h2-9,15H,10-11H2,1H3. The molecule has 22 heavy (non-hydrogen) atoms. The molecule has 2 heterocycles. The second-order valence-electron chi connectivity index (χ2n) is 5.51. The van der Waals surface area contributed by atoms with E-state index in [9.17, 15) is 8.42 Å². The second kappa shape index (κ2) is 5.01. The Kier molecular flexibility index (Phi) is 3.21. The number of nitrogens with zero attached hydrogens (tertiary/aromatic N) is 2. The van der Waals surface area contributed by atoms with Gasteiger partial charge in [-0.15, -0.1) is 11.8 Å². The molecule has 2 aliphatic rings. The van der Waals surface area contributed by atoms with Crippen LogP contribution in [0.1, 0.15) is 11.6 Å². The molecule has 0 saturated carbocycles. The number of hydrogen-bond donors (Lipinski definition) is 0. The molecule has 1 fully saturated rings. The van der Waals surface area contributed by atoms with E-state index in [0.29, 0.717) is 18.1 Å². The van der Waals surface area contributed by atoms with Gasteiger partial charge >= 0.3 is 0 Å². The first-order chi connectivity index (χ1) is 10.6. The summed E-state index contributed by atoms with van der Waals surface area (Å²) in [6, 6.07) is 15.5. The van der Waals surface area contributed by atoms with Crippen LogP contribution in [0.5, 0.6) is 0 Å². The summed E-state index contributed by atoms with van der Waals surface area (Å²) in [5.74, 6) is 0. The number of thioether (sulfide) groups is 1. The van der Waals surface area contributed by atoms with E-state index in [0.717, 1.165) is 11.3 Å². The molecular weight excluding hydrogens is 316 g/mol. The normalized spacial score (nSPS) is 22.6. The second-order valence-corrected chi connectivity index (χ2v) is 8.25. The van der Waals surface area contributed by atoms with Gasteiger partial charge in [-0.2, -0.15) is 4.31 Å². The lowest BCUT2D eigenvalue weighted by Gasteiger charge is -2.19. The Hall–Kier alpha value is -1.50. The van der Waals surface area contributed by atoms with Crippen LogP contribution in [0.4, 0.5) is 5.69 Å². The molecule has 0 radical (unpaired) electrons. The zero-order valence-electron chi connectivity index (χ0n) is 12.1. The molecule has 114 valence electrons. The number of anilines is 1. The van der Waals surface area contributed by atoms with Gasteiger partial charge in [0.05, 0.1) is 17.6 Å². The first kappa shape index (κ1) is 14.1. The summed E-state index contributed by atoms with van der Waals surface area (Å²) >= 11 is 1.70. The maximum absolute atomic E-state index is 12.6. The summed E-state index contributed by atoms with van der Waals surface area (Å²) in [6.45, 7) is 1.12. The van der Waals surface area contributed by atoms with Gasteiger partial charge in [0, 0.05) is 17.1 Å². The highest BCUT2D eigenvalue weighted by molar-refractivity contribution is 7.98. The van der Waals surface area contributed by atoms with Crippen LogP contribution in [-0.4, -0.2) is 32.2 Å². The highest BCUT2D eigenvalue weighted by atomic mass is 32.2. The van der Waals surface area contributed by atoms with Crippen LogP contribution in [0.2, 0.25) is 0 Å². The minimum Gasteiger partial charge on any atom is -0.356 e. The molecule has 1 unspecified atom stereocenters. The van der Waals surface area contributed by atoms with Gasteiger partial charge in [-0.1, -0.05) is 18.2 Å². The minimum absolute atomic E-state index is 0.0681. The molecule has 4 rings (SSSR count). The molecular formula is C16H16N2O2S2. The topological polar surface area (TPSA) is 40.6 Å². The van der Waals surface area contributed by atoms with Crippen LogP contribution in [0.25, 0.3) is 0 Å². The minimum atomic E-state index is -3.35. The zero-order chi connectivity index (χ0) is 15.3. The molecule has 0 bridgehead atoms. The van der Waals surface area contributed by atoms with Gasteiger partial charge in [0.25, 0.3) is 0 Å². The van der Waals surface area contributed by atoms with Gasteiger partial charge in [0.15, 0.2) is 0 Å². The molecule has 0 aliphatic carbocycles. The van der Waals surface area contributed by atoms with E-state index in [1.165, 1.54) is 4.90 Å². The largest absolute Gasteiger partial charge is 0.356 e. The highest BCUT2D eigenvalue weighted by Gasteiger charge is 2.47. The van der Waals surface area contributed by atoms with Gasteiger partial charge < -0.3 is 4.90 Å². The van der Waals surface area contributed by atoms with Crippen molar-refractivity contribution in [2.45, 2.75) is 15.8 Å². The Morgan fingerprint density at radius 3 is 2.55 bits per heavy atom. The molecule has 4 nitrogen and oxygen atoms in total. The molecule has 0 aromatic heterocycles. The van der Waals surface area contributed by atoms with E-state index >= 15 is 0 Å². The monoisotopic (exact) mass is 332 g/mol. The summed E-state index contributed by atoms with van der Waals surface area (Å²) in [7, 11) is -3.35. The molecule has 6 heteroatoms. The molecule has 2 aliphatic heterocycles. The third-order valence-electron chi connectivity index (χ3n) is 4.35.